The Bertz CT molecular complexity index is 208. The maximum Gasteiger partial charge on any atom is 0.324 e. The molecule has 1 rings (SSSR count). The van der Waals surface area contributed by atoms with Gasteiger partial charge in [-0.15, -0.1) is 0 Å². The molecule has 3 nitrogen and oxygen atoms in total. The van der Waals surface area contributed by atoms with E-state index in [-0.39, 0.29) is 10.3 Å². The molecule has 0 N–H and O–H groups in total. The summed E-state index contributed by atoms with van der Waals surface area (Å²) < 4.78 is 0.441. The Morgan fingerprint density at radius 3 is 2.67 bits per heavy atom. The van der Waals surface area contributed by atoms with Gasteiger partial charge < -0.3 is 5.21 Å². The molecule has 0 saturated heterocycles. The molecular weight excluding hydrogens is 163 g/mol. The van der Waals surface area contributed by atoms with Crippen LogP contribution in [0, 0.1) is 5.21 Å². The van der Waals surface area contributed by atoms with Gasteiger partial charge in [-0.3, -0.25) is 0 Å². The Morgan fingerprint density at radius 2 is 2.22 bits per heavy atom. The molecule has 1 aromatic heterocycles. The lowest BCUT2D eigenvalue weighted by molar-refractivity contribution is -0.603. The van der Waals surface area contributed by atoms with E-state index in [2.05, 4.69) is 4.98 Å². The fourth-order valence-corrected chi connectivity index (χ4v) is 0.614. The lowest BCUT2D eigenvalue weighted by Crippen LogP contribution is -2.27. The number of hydrogen-bond donors (Lipinski definition) is 0. The summed E-state index contributed by atoms with van der Waals surface area (Å²) in [5, 5.41) is 10.4. The fourth-order valence-electron chi connectivity index (χ4n) is 0.369. The Hall–Kier alpha value is -0.540. The van der Waals surface area contributed by atoms with Crippen LogP contribution in [-0.2, 0) is 0 Å². The van der Waals surface area contributed by atoms with E-state index in [1.54, 1.807) is 0 Å². The number of aromatic nitrogens is 2. The maximum absolute atomic E-state index is 10.5. The highest BCUT2D eigenvalue weighted by Gasteiger charge is 2.05. The first-order chi connectivity index (χ1) is 4.22. The molecule has 0 bridgehead atoms. The van der Waals surface area contributed by atoms with E-state index in [0.717, 1.165) is 0 Å². The molecule has 48 valence electrons. The van der Waals surface area contributed by atoms with E-state index in [9.17, 15) is 5.21 Å². The third kappa shape index (κ3) is 1.23. The van der Waals surface area contributed by atoms with Gasteiger partial charge >= 0.3 is 5.15 Å². The molecular formula is C4H2Cl2N2O. The zero-order valence-corrected chi connectivity index (χ0v) is 5.73. The van der Waals surface area contributed by atoms with Crippen LogP contribution in [0.15, 0.2) is 12.4 Å². The summed E-state index contributed by atoms with van der Waals surface area (Å²) >= 11 is 10.7. The van der Waals surface area contributed by atoms with Crippen LogP contribution in [0.5, 0.6) is 0 Å². The quantitative estimate of drug-likeness (QED) is 0.425. The highest BCUT2D eigenvalue weighted by Crippen LogP contribution is 2.11. The summed E-state index contributed by atoms with van der Waals surface area (Å²) in [6, 6.07) is 0. The van der Waals surface area contributed by atoms with Gasteiger partial charge in [0, 0.05) is 0 Å². The molecule has 1 aromatic rings. The molecule has 1 heterocycles. The predicted octanol–water partition coefficient (Wildman–Crippen LogP) is 1.02. The van der Waals surface area contributed by atoms with E-state index < -0.39 is 0 Å². The highest BCUT2D eigenvalue weighted by molar-refractivity contribution is 6.39. The summed E-state index contributed by atoms with van der Waals surface area (Å²) in [7, 11) is 0. The summed E-state index contributed by atoms with van der Waals surface area (Å²) in [6.45, 7) is 0. The van der Waals surface area contributed by atoms with E-state index in [1.165, 1.54) is 12.4 Å². The van der Waals surface area contributed by atoms with Crippen LogP contribution in [0.25, 0.3) is 0 Å². The van der Waals surface area contributed by atoms with Crippen LogP contribution in [0.3, 0.4) is 0 Å². The standard InChI is InChI=1S/C4H2Cl2N2O/c5-3-4(6)8(9)2-1-7-3/h1-2H. The summed E-state index contributed by atoms with van der Waals surface area (Å²) in [6.07, 6.45) is 2.45. The molecule has 0 spiro atoms. The van der Waals surface area contributed by atoms with Crippen molar-refractivity contribution in [3.05, 3.63) is 27.9 Å². The largest absolute Gasteiger partial charge is 0.618 e. The first-order valence-electron chi connectivity index (χ1n) is 2.11. The molecule has 0 fully saturated rings. The molecule has 0 unspecified atom stereocenters. The Balaban J connectivity index is 3.25. The van der Waals surface area contributed by atoms with E-state index in [1.807, 2.05) is 0 Å². The van der Waals surface area contributed by atoms with Crippen molar-refractivity contribution >= 4 is 23.2 Å². The second-order valence-corrected chi connectivity index (χ2v) is 2.05. The number of halogens is 2. The molecule has 0 aliphatic heterocycles. The smallest absolute Gasteiger partial charge is 0.324 e. The minimum atomic E-state index is -0.0980. The minimum absolute atomic E-state index is 0.0224. The van der Waals surface area contributed by atoms with Crippen molar-refractivity contribution < 1.29 is 4.73 Å². The van der Waals surface area contributed by atoms with Crippen molar-refractivity contribution in [1.82, 2.24) is 4.98 Å². The van der Waals surface area contributed by atoms with E-state index in [0.29, 0.717) is 4.73 Å². The van der Waals surface area contributed by atoms with Crippen LogP contribution >= 0.6 is 23.2 Å². The Labute approximate surface area is 61.4 Å². The molecule has 0 atom stereocenters. The predicted molar refractivity (Wildman–Crippen MR) is 33.2 cm³/mol. The third-order valence-corrected chi connectivity index (χ3v) is 1.47. The average molecular weight is 165 g/mol. The van der Waals surface area contributed by atoms with Crippen molar-refractivity contribution in [3.8, 4) is 0 Å². The number of hydrogen-bond acceptors (Lipinski definition) is 2. The van der Waals surface area contributed by atoms with Crippen molar-refractivity contribution in [2.75, 3.05) is 0 Å². The van der Waals surface area contributed by atoms with Crippen molar-refractivity contribution in [2.24, 2.45) is 0 Å². The lowest BCUT2D eigenvalue weighted by Gasteiger charge is -1.95. The topological polar surface area (TPSA) is 39.8 Å². The maximum atomic E-state index is 10.5. The van der Waals surface area contributed by atoms with E-state index in [4.69, 9.17) is 23.2 Å². The Morgan fingerprint density at radius 1 is 1.56 bits per heavy atom. The molecule has 0 aliphatic carbocycles. The minimum Gasteiger partial charge on any atom is -0.618 e. The van der Waals surface area contributed by atoms with Gasteiger partial charge in [0.05, 0.1) is 6.20 Å². The van der Waals surface area contributed by atoms with Gasteiger partial charge in [-0.1, -0.05) is 11.6 Å². The monoisotopic (exact) mass is 164 g/mol. The van der Waals surface area contributed by atoms with Crippen LogP contribution in [0.1, 0.15) is 0 Å². The first-order valence-corrected chi connectivity index (χ1v) is 2.86. The second-order valence-electron chi connectivity index (χ2n) is 1.33. The SMILES string of the molecule is [O-][n+]1ccnc(Cl)c1Cl. The lowest BCUT2D eigenvalue weighted by atomic mass is 10.8. The Kier molecular flexibility index (Phi) is 1.73. The van der Waals surface area contributed by atoms with Gasteiger partial charge in [0.2, 0.25) is 5.15 Å². The molecule has 0 amide bonds. The summed E-state index contributed by atoms with van der Waals surface area (Å²) in [5.41, 5.74) is 0. The zero-order valence-electron chi connectivity index (χ0n) is 4.21. The van der Waals surface area contributed by atoms with Gasteiger partial charge in [0.25, 0.3) is 0 Å². The third-order valence-electron chi connectivity index (χ3n) is 0.754. The van der Waals surface area contributed by atoms with Gasteiger partial charge in [-0.2, -0.15) is 4.73 Å². The van der Waals surface area contributed by atoms with Crippen molar-refractivity contribution in [3.63, 3.8) is 0 Å². The summed E-state index contributed by atoms with van der Waals surface area (Å²) in [4.78, 5) is 3.55. The van der Waals surface area contributed by atoms with Gasteiger partial charge in [0.15, 0.2) is 6.20 Å². The zero-order chi connectivity index (χ0) is 6.85. The van der Waals surface area contributed by atoms with Gasteiger partial charge in [-0.25, -0.2) is 4.98 Å². The van der Waals surface area contributed by atoms with Crippen LogP contribution in [0.2, 0.25) is 10.3 Å². The van der Waals surface area contributed by atoms with Gasteiger partial charge in [-0.05, 0) is 11.6 Å². The molecule has 0 aromatic carbocycles. The average Bonchev–Trinajstić information content (AvgIpc) is 1.83. The van der Waals surface area contributed by atoms with Crippen molar-refractivity contribution in [1.29, 1.82) is 0 Å². The van der Waals surface area contributed by atoms with Crippen LogP contribution in [-0.4, -0.2) is 4.98 Å². The normalized spacial score (nSPS) is 9.56. The van der Waals surface area contributed by atoms with E-state index >= 15 is 0 Å². The fraction of sp³-hybridized carbons (Fsp3) is 0. The highest BCUT2D eigenvalue weighted by atomic mass is 35.5. The first kappa shape index (κ1) is 6.58. The van der Waals surface area contributed by atoms with Crippen molar-refractivity contribution in [2.45, 2.75) is 0 Å². The summed E-state index contributed by atoms with van der Waals surface area (Å²) in [5.74, 6) is 0. The molecule has 0 saturated carbocycles. The molecule has 9 heavy (non-hydrogen) atoms. The second kappa shape index (κ2) is 2.37. The van der Waals surface area contributed by atoms with Gasteiger partial charge in [0.1, 0.15) is 0 Å². The number of nitrogens with zero attached hydrogens (tertiary/aromatic N) is 2. The molecule has 5 heteroatoms. The van der Waals surface area contributed by atoms with Crippen LogP contribution in [0.4, 0.5) is 0 Å². The molecule has 0 aliphatic rings. The van der Waals surface area contributed by atoms with Crippen LogP contribution < -0.4 is 4.73 Å². The number of rotatable bonds is 0. The molecule has 0 radical (unpaired) electrons.